The first-order valence-electron chi connectivity index (χ1n) is 14.2. The quantitative estimate of drug-likeness (QED) is 0.139. The maximum atomic E-state index is 2.50. The van der Waals surface area contributed by atoms with Gasteiger partial charge >= 0.3 is 0 Å². The highest BCUT2D eigenvalue weighted by Crippen LogP contribution is 2.21. The summed E-state index contributed by atoms with van der Waals surface area (Å²) < 4.78 is 0. The van der Waals surface area contributed by atoms with Crippen LogP contribution < -0.4 is 0 Å². The summed E-state index contributed by atoms with van der Waals surface area (Å²) in [5.74, 6) is 1.93. The second kappa shape index (κ2) is 24.3. The van der Waals surface area contributed by atoms with Gasteiger partial charge in [-0.2, -0.15) is 0 Å². The van der Waals surface area contributed by atoms with Crippen LogP contribution in [0.3, 0.4) is 0 Å². The SMILES string of the molecule is CCCCCCCCCCCCCC(C)CCCCCC(C)CCCCCCC. The van der Waals surface area contributed by atoms with Crippen LogP contribution in [-0.4, -0.2) is 0 Å². The van der Waals surface area contributed by atoms with E-state index < -0.39 is 0 Å². The summed E-state index contributed by atoms with van der Waals surface area (Å²) in [4.78, 5) is 0. The molecule has 2 atom stereocenters. The molecule has 0 heteroatoms. The van der Waals surface area contributed by atoms with Gasteiger partial charge in [-0.15, -0.1) is 0 Å². The van der Waals surface area contributed by atoms with Crippen molar-refractivity contribution in [2.75, 3.05) is 0 Å². The van der Waals surface area contributed by atoms with Gasteiger partial charge in [0, 0.05) is 0 Å². The molecule has 0 saturated heterocycles. The maximum Gasteiger partial charge on any atom is -0.0443 e. The lowest BCUT2D eigenvalue weighted by molar-refractivity contribution is 0.407. The smallest absolute Gasteiger partial charge is 0.0443 e. The van der Waals surface area contributed by atoms with Gasteiger partial charge in [0.25, 0.3) is 0 Å². The molecule has 0 aliphatic carbocycles. The van der Waals surface area contributed by atoms with Crippen LogP contribution in [0.4, 0.5) is 0 Å². The topological polar surface area (TPSA) is 0 Å². The van der Waals surface area contributed by atoms with E-state index in [1.54, 1.807) is 0 Å². The average molecular weight is 409 g/mol. The highest BCUT2D eigenvalue weighted by atomic mass is 14.1. The van der Waals surface area contributed by atoms with Crippen LogP contribution in [-0.2, 0) is 0 Å². The minimum Gasteiger partial charge on any atom is -0.0654 e. The van der Waals surface area contributed by atoms with Gasteiger partial charge in [-0.25, -0.2) is 0 Å². The summed E-state index contributed by atoms with van der Waals surface area (Å²) in [7, 11) is 0. The monoisotopic (exact) mass is 408 g/mol. The zero-order valence-corrected chi connectivity index (χ0v) is 21.4. The molecule has 29 heavy (non-hydrogen) atoms. The van der Waals surface area contributed by atoms with Crippen molar-refractivity contribution in [2.24, 2.45) is 11.8 Å². The standard InChI is InChI=1S/C29H60/c1-5-7-9-11-12-13-14-15-16-18-21-25-29(4)27-23-19-22-26-28(3)24-20-17-10-8-6-2/h28-29H,5-27H2,1-4H3. The largest absolute Gasteiger partial charge is 0.0654 e. The molecule has 176 valence electrons. The van der Waals surface area contributed by atoms with E-state index in [9.17, 15) is 0 Å². The molecule has 0 aliphatic heterocycles. The summed E-state index contributed by atoms with van der Waals surface area (Å²) in [6, 6.07) is 0. The molecule has 0 aromatic heterocycles. The molecule has 0 saturated carbocycles. The first kappa shape index (κ1) is 29.0. The maximum absolute atomic E-state index is 2.50. The zero-order chi connectivity index (χ0) is 21.4. The van der Waals surface area contributed by atoms with E-state index >= 15 is 0 Å². The molecule has 0 nitrogen and oxygen atoms in total. The van der Waals surface area contributed by atoms with E-state index in [-0.39, 0.29) is 0 Å². The van der Waals surface area contributed by atoms with Crippen LogP contribution in [0.1, 0.15) is 175 Å². The van der Waals surface area contributed by atoms with Crippen molar-refractivity contribution in [2.45, 2.75) is 175 Å². The minimum absolute atomic E-state index is 0.963. The minimum atomic E-state index is 0.963. The zero-order valence-electron chi connectivity index (χ0n) is 21.4. The number of hydrogen-bond acceptors (Lipinski definition) is 0. The van der Waals surface area contributed by atoms with Gasteiger partial charge in [0.1, 0.15) is 0 Å². The normalized spacial score (nSPS) is 13.7. The lowest BCUT2D eigenvalue weighted by Gasteiger charge is -2.13. The molecule has 2 unspecified atom stereocenters. The van der Waals surface area contributed by atoms with Crippen molar-refractivity contribution in [3.63, 3.8) is 0 Å². The Bertz CT molecular complexity index is 282. The third kappa shape index (κ3) is 24.1. The molecule has 0 aromatic carbocycles. The molecular formula is C29H60. The van der Waals surface area contributed by atoms with Crippen LogP contribution in [0, 0.1) is 11.8 Å². The van der Waals surface area contributed by atoms with E-state index in [4.69, 9.17) is 0 Å². The van der Waals surface area contributed by atoms with Crippen LogP contribution in [0.25, 0.3) is 0 Å². The molecule has 0 fully saturated rings. The summed E-state index contributed by atoms with van der Waals surface area (Å²) in [6.07, 6.45) is 33.7. The molecule has 0 rings (SSSR count). The van der Waals surface area contributed by atoms with Crippen molar-refractivity contribution < 1.29 is 0 Å². The first-order chi connectivity index (χ1) is 14.2. The molecule has 0 amide bonds. The van der Waals surface area contributed by atoms with Gasteiger partial charge < -0.3 is 0 Å². The Labute approximate surface area is 187 Å². The van der Waals surface area contributed by atoms with Crippen molar-refractivity contribution in [3.8, 4) is 0 Å². The van der Waals surface area contributed by atoms with Gasteiger partial charge in [0.2, 0.25) is 0 Å². The van der Waals surface area contributed by atoms with Crippen molar-refractivity contribution in [1.29, 1.82) is 0 Å². The molecule has 0 N–H and O–H groups in total. The fraction of sp³-hybridized carbons (Fsp3) is 1.00. The number of unbranched alkanes of at least 4 members (excludes halogenated alkanes) is 16. The molecule has 0 bridgehead atoms. The highest BCUT2D eigenvalue weighted by Gasteiger charge is 2.04. The van der Waals surface area contributed by atoms with Crippen molar-refractivity contribution in [1.82, 2.24) is 0 Å². The van der Waals surface area contributed by atoms with Crippen LogP contribution in [0.15, 0.2) is 0 Å². The highest BCUT2D eigenvalue weighted by molar-refractivity contribution is 4.58. The van der Waals surface area contributed by atoms with Crippen LogP contribution in [0.5, 0.6) is 0 Å². The van der Waals surface area contributed by atoms with E-state index in [1.807, 2.05) is 0 Å². The van der Waals surface area contributed by atoms with Crippen molar-refractivity contribution >= 4 is 0 Å². The second-order valence-electron chi connectivity index (χ2n) is 10.4. The van der Waals surface area contributed by atoms with Gasteiger partial charge in [0.05, 0.1) is 0 Å². The molecular weight excluding hydrogens is 348 g/mol. The Morgan fingerprint density at radius 3 is 0.793 bits per heavy atom. The third-order valence-corrected chi connectivity index (χ3v) is 6.99. The van der Waals surface area contributed by atoms with Crippen LogP contribution in [0.2, 0.25) is 0 Å². The fourth-order valence-electron chi connectivity index (χ4n) is 4.70. The van der Waals surface area contributed by atoms with Gasteiger partial charge in [-0.05, 0) is 11.8 Å². The summed E-state index contributed by atoms with van der Waals surface area (Å²) >= 11 is 0. The van der Waals surface area contributed by atoms with E-state index in [1.165, 1.54) is 148 Å². The second-order valence-corrected chi connectivity index (χ2v) is 10.4. The Morgan fingerprint density at radius 1 is 0.310 bits per heavy atom. The van der Waals surface area contributed by atoms with E-state index in [2.05, 4.69) is 27.7 Å². The predicted octanol–water partition coefficient (Wildman–Crippen LogP) is 11.3. The Hall–Kier alpha value is 0. The Kier molecular flexibility index (Phi) is 24.3. The van der Waals surface area contributed by atoms with E-state index in [0.717, 1.165) is 11.8 Å². The molecule has 0 heterocycles. The Balaban J connectivity index is 3.24. The lowest BCUT2D eigenvalue weighted by atomic mass is 9.93. The lowest BCUT2D eigenvalue weighted by Crippen LogP contribution is -1.97. The molecule has 0 aliphatic rings. The number of hydrogen-bond donors (Lipinski definition) is 0. The Morgan fingerprint density at radius 2 is 0.517 bits per heavy atom. The first-order valence-corrected chi connectivity index (χ1v) is 14.2. The fourth-order valence-corrected chi connectivity index (χ4v) is 4.70. The molecule has 0 spiro atoms. The number of rotatable bonds is 24. The third-order valence-electron chi connectivity index (χ3n) is 6.99. The van der Waals surface area contributed by atoms with Gasteiger partial charge in [-0.3, -0.25) is 0 Å². The van der Waals surface area contributed by atoms with Crippen LogP contribution >= 0.6 is 0 Å². The predicted molar refractivity (Wildman–Crippen MR) is 136 cm³/mol. The average Bonchev–Trinajstić information content (AvgIpc) is 2.71. The van der Waals surface area contributed by atoms with Gasteiger partial charge in [-0.1, -0.05) is 175 Å². The summed E-state index contributed by atoms with van der Waals surface area (Å²) in [5, 5.41) is 0. The van der Waals surface area contributed by atoms with E-state index in [0.29, 0.717) is 0 Å². The summed E-state index contributed by atoms with van der Waals surface area (Å²) in [5.41, 5.74) is 0. The molecule has 0 aromatic rings. The molecule has 0 radical (unpaired) electrons. The van der Waals surface area contributed by atoms with Gasteiger partial charge in [0.15, 0.2) is 0 Å². The van der Waals surface area contributed by atoms with Crippen molar-refractivity contribution in [3.05, 3.63) is 0 Å². The summed E-state index contributed by atoms with van der Waals surface area (Å²) in [6.45, 7) is 9.59.